The summed E-state index contributed by atoms with van der Waals surface area (Å²) in [6, 6.07) is 11.2. The lowest BCUT2D eigenvalue weighted by molar-refractivity contribution is 0.0600. The molecule has 4 heteroatoms. The number of para-hydroxylation sites is 1. The van der Waals surface area contributed by atoms with Gasteiger partial charge in [-0.3, -0.25) is 4.98 Å². The maximum atomic E-state index is 11.3. The van der Waals surface area contributed by atoms with Gasteiger partial charge in [-0.25, -0.2) is 4.79 Å². The Morgan fingerprint density at radius 2 is 2.10 bits per heavy atom. The molecule has 0 amide bonds. The zero-order valence-corrected chi connectivity index (χ0v) is 11.9. The van der Waals surface area contributed by atoms with Gasteiger partial charge in [-0.1, -0.05) is 24.3 Å². The normalized spacial score (nSPS) is 9.95. The molecule has 0 aliphatic carbocycles. The molecule has 2 aromatic rings. The number of rotatable bonds is 6. The number of carbonyl (C=O) groups is 1. The minimum Gasteiger partial charge on any atom is -0.487 e. The Morgan fingerprint density at radius 3 is 2.76 bits per heavy atom. The molecule has 0 bridgehead atoms. The first-order valence-electron chi connectivity index (χ1n) is 6.59. The minimum atomic E-state index is -0.397. The molecular weight excluding hydrogens is 266 g/mol. The number of hydrogen-bond acceptors (Lipinski definition) is 4. The van der Waals surface area contributed by atoms with Crippen molar-refractivity contribution in [3.8, 4) is 5.75 Å². The van der Waals surface area contributed by atoms with Crippen LogP contribution in [0.4, 0.5) is 0 Å². The molecule has 0 aliphatic heterocycles. The van der Waals surface area contributed by atoms with E-state index in [0.717, 1.165) is 23.4 Å². The number of pyridine rings is 1. The summed E-state index contributed by atoms with van der Waals surface area (Å²) in [6.45, 7) is 4.08. The average Bonchev–Trinajstić information content (AvgIpc) is 2.54. The van der Waals surface area contributed by atoms with Crippen molar-refractivity contribution >= 4 is 5.97 Å². The lowest BCUT2D eigenvalue weighted by Gasteiger charge is -2.10. The second-order valence-electron chi connectivity index (χ2n) is 4.42. The van der Waals surface area contributed by atoms with Gasteiger partial charge in [-0.2, -0.15) is 0 Å². The van der Waals surface area contributed by atoms with Gasteiger partial charge in [-0.05, 0) is 30.2 Å². The Bertz CT molecular complexity index is 620. The van der Waals surface area contributed by atoms with Crippen molar-refractivity contribution in [2.24, 2.45) is 0 Å². The standard InChI is InChI=1S/C17H17NO3/c1-3-6-13-7-4-5-8-16(13)21-12-15-10-9-14(11-18-15)17(19)20-2/h3-5,7-11H,1,6,12H2,2H3. The van der Waals surface area contributed by atoms with Gasteiger partial charge in [0, 0.05) is 6.20 Å². The molecule has 2 rings (SSSR count). The Morgan fingerprint density at radius 1 is 1.29 bits per heavy atom. The third-order valence-electron chi connectivity index (χ3n) is 2.96. The van der Waals surface area contributed by atoms with Crippen molar-refractivity contribution in [3.63, 3.8) is 0 Å². The van der Waals surface area contributed by atoms with E-state index in [1.54, 1.807) is 12.1 Å². The first kappa shape index (κ1) is 14.8. The zero-order chi connectivity index (χ0) is 15.1. The van der Waals surface area contributed by atoms with E-state index < -0.39 is 5.97 Å². The summed E-state index contributed by atoms with van der Waals surface area (Å²) >= 11 is 0. The molecule has 0 saturated heterocycles. The quantitative estimate of drug-likeness (QED) is 0.603. The lowest BCUT2D eigenvalue weighted by Crippen LogP contribution is -2.04. The highest BCUT2D eigenvalue weighted by Crippen LogP contribution is 2.19. The van der Waals surface area contributed by atoms with Crippen molar-refractivity contribution in [1.82, 2.24) is 4.98 Å². The minimum absolute atomic E-state index is 0.343. The summed E-state index contributed by atoms with van der Waals surface area (Å²) in [4.78, 5) is 15.5. The summed E-state index contributed by atoms with van der Waals surface area (Å²) in [6.07, 6.45) is 4.08. The summed E-state index contributed by atoms with van der Waals surface area (Å²) in [5, 5.41) is 0. The molecule has 1 heterocycles. The number of hydrogen-bond donors (Lipinski definition) is 0. The zero-order valence-electron chi connectivity index (χ0n) is 11.9. The molecule has 0 atom stereocenters. The summed E-state index contributed by atoms with van der Waals surface area (Å²) in [5.41, 5.74) is 2.25. The number of allylic oxidation sites excluding steroid dienone is 1. The number of nitrogens with zero attached hydrogens (tertiary/aromatic N) is 1. The van der Waals surface area contributed by atoms with E-state index in [1.165, 1.54) is 13.3 Å². The van der Waals surface area contributed by atoms with Gasteiger partial charge in [0.2, 0.25) is 0 Å². The van der Waals surface area contributed by atoms with Crippen LogP contribution in [0.3, 0.4) is 0 Å². The topological polar surface area (TPSA) is 48.4 Å². The molecule has 0 unspecified atom stereocenters. The van der Waals surface area contributed by atoms with E-state index >= 15 is 0 Å². The van der Waals surface area contributed by atoms with Gasteiger partial charge in [0.15, 0.2) is 0 Å². The predicted molar refractivity (Wildman–Crippen MR) is 80.3 cm³/mol. The number of carbonyl (C=O) groups excluding carboxylic acids is 1. The number of aromatic nitrogens is 1. The van der Waals surface area contributed by atoms with Gasteiger partial charge >= 0.3 is 5.97 Å². The van der Waals surface area contributed by atoms with Crippen LogP contribution in [-0.4, -0.2) is 18.1 Å². The molecule has 0 fully saturated rings. The van der Waals surface area contributed by atoms with E-state index in [1.807, 2.05) is 30.3 Å². The smallest absolute Gasteiger partial charge is 0.339 e. The molecule has 21 heavy (non-hydrogen) atoms. The summed E-state index contributed by atoms with van der Waals surface area (Å²) < 4.78 is 10.4. The van der Waals surface area contributed by atoms with Crippen molar-refractivity contribution < 1.29 is 14.3 Å². The molecule has 0 N–H and O–H groups in total. The third kappa shape index (κ3) is 3.92. The summed E-state index contributed by atoms with van der Waals surface area (Å²) in [7, 11) is 1.34. The van der Waals surface area contributed by atoms with Crippen molar-refractivity contribution in [1.29, 1.82) is 0 Å². The molecule has 0 spiro atoms. The summed E-state index contributed by atoms with van der Waals surface area (Å²) in [5.74, 6) is 0.419. The third-order valence-corrected chi connectivity index (χ3v) is 2.96. The van der Waals surface area contributed by atoms with Crippen LogP contribution < -0.4 is 4.74 Å². The van der Waals surface area contributed by atoms with Gasteiger partial charge in [0.25, 0.3) is 0 Å². The van der Waals surface area contributed by atoms with Crippen molar-refractivity contribution in [2.75, 3.05) is 7.11 Å². The van der Waals surface area contributed by atoms with Crippen molar-refractivity contribution in [3.05, 3.63) is 72.1 Å². The second kappa shape index (κ2) is 7.24. The molecule has 1 aromatic carbocycles. The molecule has 0 saturated carbocycles. The SMILES string of the molecule is C=CCc1ccccc1OCc1ccc(C(=O)OC)cn1. The van der Waals surface area contributed by atoms with Crippen LogP contribution in [0.25, 0.3) is 0 Å². The van der Waals surface area contributed by atoms with Crippen LogP contribution in [0, 0.1) is 0 Å². The van der Waals surface area contributed by atoms with Gasteiger partial charge in [0.05, 0.1) is 18.4 Å². The maximum absolute atomic E-state index is 11.3. The molecule has 0 radical (unpaired) electrons. The largest absolute Gasteiger partial charge is 0.487 e. The highest BCUT2D eigenvalue weighted by Gasteiger charge is 2.06. The van der Waals surface area contributed by atoms with E-state index in [9.17, 15) is 4.79 Å². The second-order valence-corrected chi connectivity index (χ2v) is 4.42. The fourth-order valence-electron chi connectivity index (χ4n) is 1.87. The highest BCUT2D eigenvalue weighted by molar-refractivity contribution is 5.88. The Hall–Kier alpha value is -2.62. The Kier molecular flexibility index (Phi) is 5.10. The number of ether oxygens (including phenoxy) is 2. The first-order valence-corrected chi connectivity index (χ1v) is 6.59. The fourth-order valence-corrected chi connectivity index (χ4v) is 1.87. The van der Waals surface area contributed by atoms with E-state index in [2.05, 4.69) is 16.3 Å². The van der Waals surface area contributed by atoms with Crippen LogP contribution in [-0.2, 0) is 17.8 Å². The van der Waals surface area contributed by atoms with Crippen LogP contribution >= 0.6 is 0 Å². The number of benzene rings is 1. The monoisotopic (exact) mass is 283 g/mol. The van der Waals surface area contributed by atoms with E-state index in [0.29, 0.717) is 12.2 Å². The van der Waals surface area contributed by atoms with Crippen LogP contribution in [0.15, 0.2) is 55.3 Å². The van der Waals surface area contributed by atoms with Crippen molar-refractivity contribution in [2.45, 2.75) is 13.0 Å². The van der Waals surface area contributed by atoms with Gasteiger partial charge in [0.1, 0.15) is 12.4 Å². The fraction of sp³-hybridized carbons (Fsp3) is 0.176. The molecule has 4 nitrogen and oxygen atoms in total. The molecule has 1 aromatic heterocycles. The molecular formula is C17H17NO3. The molecule has 108 valence electrons. The van der Waals surface area contributed by atoms with E-state index in [-0.39, 0.29) is 0 Å². The average molecular weight is 283 g/mol. The van der Waals surface area contributed by atoms with Gasteiger partial charge < -0.3 is 9.47 Å². The predicted octanol–water partition coefficient (Wildman–Crippen LogP) is 3.18. The molecule has 0 aliphatic rings. The van der Waals surface area contributed by atoms with Crippen LogP contribution in [0.1, 0.15) is 21.6 Å². The van der Waals surface area contributed by atoms with Gasteiger partial charge in [-0.15, -0.1) is 6.58 Å². The lowest BCUT2D eigenvalue weighted by atomic mass is 10.1. The maximum Gasteiger partial charge on any atom is 0.339 e. The van der Waals surface area contributed by atoms with E-state index in [4.69, 9.17) is 4.74 Å². The number of methoxy groups -OCH3 is 1. The van der Waals surface area contributed by atoms with Crippen LogP contribution in [0.2, 0.25) is 0 Å². The first-order chi connectivity index (χ1) is 10.2. The number of esters is 1. The Labute approximate surface area is 124 Å². The van der Waals surface area contributed by atoms with Crippen LogP contribution in [0.5, 0.6) is 5.75 Å². The highest BCUT2D eigenvalue weighted by atomic mass is 16.5. The Balaban J connectivity index is 2.03.